The number of hydrogen-bond acceptors (Lipinski definition) is 4. The van der Waals surface area contributed by atoms with E-state index in [0.717, 1.165) is 12.1 Å². The van der Waals surface area contributed by atoms with Crippen molar-refractivity contribution in [3.05, 3.63) is 35.7 Å². The predicted molar refractivity (Wildman–Crippen MR) is 56.1 cm³/mol. The zero-order valence-electron chi connectivity index (χ0n) is 9.31. The molecular weight excluding hydrogens is 265 g/mol. The Morgan fingerprint density at radius 1 is 1.26 bits per heavy atom. The van der Waals surface area contributed by atoms with Gasteiger partial charge in [-0.25, -0.2) is 0 Å². The first-order valence-corrected chi connectivity index (χ1v) is 5.08. The van der Waals surface area contributed by atoms with Crippen LogP contribution in [0.5, 0.6) is 0 Å². The maximum atomic E-state index is 12.4. The van der Waals surface area contributed by atoms with E-state index in [2.05, 4.69) is 14.7 Å². The Hall–Kier alpha value is -2.38. The van der Waals surface area contributed by atoms with Crippen molar-refractivity contribution in [3.63, 3.8) is 0 Å². The molecule has 1 heterocycles. The molecule has 8 heteroatoms. The molecule has 0 bridgehead atoms. The highest BCUT2D eigenvalue weighted by Crippen LogP contribution is 2.30. The van der Waals surface area contributed by atoms with Crippen LogP contribution in [0.2, 0.25) is 0 Å². The SMILES string of the molecule is O=C(O)Cc1nc(-c2ccc(C(F)(F)F)cc2)no1. The number of hydrogen-bond donors (Lipinski definition) is 1. The summed E-state index contributed by atoms with van der Waals surface area (Å²) in [6.07, 6.45) is -4.85. The Kier molecular flexibility index (Phi) is 3.24. The van der Waals surface area contributed by atoms with Gasteiger partial charge in [-0.1, -0.05) is 17.3 Å². The quantitative estimate of drug-likeness (QED) is 0.928. The van der Waals surface area contributed by atoms with Crippen molar-refractivity contribution in [2.24, 2.45) is 0 Å². The zero-order chi connectivity index (χ0) is 14.0. The summed E-state index contributed by atoms with van der Waals surface area (Å²) in [7, 11) is 0. The van der Waals surface area contributed by atoms with Gasteiger partial charge in [0.05, 0.1) is 5.56 Å². The van der Waals surface area contributed by atoms with Gasteiger partial charge < -0.3 is 9.63 Å². The highest BCUT2D eigenvalue weighted by atomic mass is 19.4. The molecule has 0 amide bonds. The Bertz CT molecular complexity index is 590. The monoisotopic (exact) mass is 272 g/mol. The van der Waals surface area contributed by atoms with E-state index < -0.39 is 24.1 Å². The third-order valence-electron chi connectivity index (χ3n) is 2.24. The van der Waals surface area contributed by atoms with Crippen molar-refractivity contribution in [1.82, 2.24) is 10.1 Å². The lowest BCUT2D eigenvalue weighted by atomic mass is 10.1. The minimum Gasteiger partial charge on any atom is -0.481 e. The van der Waals surface area contributed by atoms with Crippen LogP contribution in [0.4, 0.5) is 13.2 Å². The largest absolute Gasteiger partial charge is 0.481 e. The molecule has 0 saturated heterocycles. The molecule has 1 aromatic heterocycles. The van der Waals surface area contributed by atoms with Gasteiger partial charge in [0.15, 0.2) is 0 Å². The highest BCUT2D eigenvalue weighted by molar-refractivity contribution is 5.69. The molecule has 0 aliphatic rings. The van der Waals surface area contributed by atoms with Crippen molar-refractivity contribution >= 4 is 5.97 Å². The number of carboxylic acids is 1. The molecule has 1 N–H and O–H groups in total. The van der Waals surface area contributed by atoms with Crippen LogP contribution in [-0.4, -0.2) is 21.2 Å². The van der Waals surface area contributed by atoms with Crippen LogP contribution in [0.15, 0.2) is 28.8 Å². The molecule has 0 spiro atoms. The van der Waals surface area contributed by atoms with Gasteiger partial charge in [0, 0.05) is 5.56 Å². The first kappa shape index (κ1) is 13.1. The number of halogens is 3. The molecule has 2 aromatic rings. The van der Waals surface area contributed by atoms with E-state index in [9.17, 15) is 18.0 Å². The average molecular weight is 272 g/mol. The van der Waals surface area contributed by atoms with E-state index in [1.165, 1.54) is 12.1 Å². The summed E-state index contributed by atoms with van der Waals surface area (Å²) in [5, 5.41) is 12.0. The van der Waals surface area contributed by atoms with Crippen molar-refractivity contribution < 1.29 is 27.6 Å². The second kappa shape index (κ2) is 4.71. The molecule has 0 aliphatic carbocycles. The summed E-state index contributed by atoms with van der Waals surface area (Å²) in [4.78, 5) is 14.2. The number of aromatic nitrogens is 2. The molecule has 0 atom stereocenters. The molecule has 0 fully saturated rings. The molecular formula is C11H7F3N2O3. The normalized spacial score (nSPS) is 11.5. The second-order valence-corrected chi connectivity index (χ2v) is 3.66. The van der Waals surface area contributed by atoms with Crippen LogP contribution in [0, 0.1) is 0 Å². The van der Waals surface area contributed by atoms with Gasteiger partial charge in [-0.2, -0.15) is 18.2 Å². The summed E-state index contributed by atoms with van der Waals surface area (Å²) in [6.45, 7) is 0. The maximum Gasteiger partial charge on any atom is 0.416 e. The minimum atomic E-state index is -4.41. The lowest BCUT2D eigenvalue weighted by molar-refractivity contribution is -0.138. The van der Waals surface area contributed by atoms with Crippen molar-refractivity contribution in [2.75, 3.05) is 0 Å². The van der Waals surface area contributed by atoms with Crippen molar-refractivity contribution in [1.29, 1.82) is 0 Å². The number of rotatable bonds is 3. The van der Waals surface area contributed by atoms with Crippen LogP contribution < -0.4 is 0 Å². The van der Waals surface area contributed by atoms with Crippen LogP contribution in [-0.2, 0) is 17.4 Å². The highest BCUT2D eigenvalue weighted by Gasteiger charge is 2.30. The third-order valence-corrected chi connectivity index (χ3v) is 2.24. The van der Waals surface area contributed by atoms with Crippen LogP contribution in [0.3, 0.4) is 0 Å². The van der Waals surface area contributed by atoms with E-state index in [-0.39, 0.29) is 11.7 Å². The van der Waals surface area contributed by atoms with Gasteiger partial charge >= 0.3 is 12.1 Å². The van der Waals surface area contributed by atoms with Crippen LogP contribution in [0.25, 0.3) is 11.4 Å². The summed E-state index contributed by atoms with van der Waals surface area (Å²) < 4.78 is 41.7. The zero-order valence-corrected chi connectivity index (χ0v) is 9.31. The first-order chi connectivity index (χ1) is 8.86. The van der Waals surface area contributed by atoms with Crippen LogP contribution in [0.1, 0.15) is 11.5 Å². The van der Waals surface area contributed by atoms with Gasteiger partial charge in [0.25, 0.3) is 0 Å². The Balaban J connectivity index is 2.23. The standard InChI is InChI=1S/C11H7F3N2O3/c12-11(13,14)7-3-1-6(2-4-7)10-15-8(19-16-10)5-9(17)18/h1-4H,5H2,(H,17,18). The Labute approximate surface area is 104 Å². The smallest absolute Gasteiger partial charge is 0.416 e. The van der Waals surface area contributed by atoms with Gasteiger partial charge in [-0.05, 0) is 12.1 Å². The van der Waals surface area contributed by atoms with E-state index in [4.69, 9.17) is 5.11 Å². The van der Waals surface area contributed by atoms with Gasteiger partial charge in [-0.15, -0.1) is 0 Å². The molecule has 0 radical (unpaired) electrons. The molecule has 100 valence electrons. The fourth-order valence-electron chi connectivity index (χ4n) is 1.38. The van der Waals surface area contributed by atoms with E-state index in [1.54, 1.807) is 0 Å². The minimum absolute atomic E-state index is 0.0463. The van der Waals surface area contributed by atoms with Gasteiger partial charge in [0.2, 0.25) is 11.7 Å². The van der Waals surface area contributed by atoms with Crippen LogP contribution >= 0.6 is 0 Å². The molecule has 2 rings (SSSR count). The summed E-state index contributed by atoms with van der Waals surface area (Å²) in [5.74, 6) is -1.20. The fourth-order valence-corrected chi connectivity index (χ4v) is 1.38. The summed E-state index contributed by atoms with van der Waals surface area (Å²) in [5.41, 5.74) is -0.473. The number of nitrogens with zero attached hydrogens (tertiary/aromatic N) is 2. The van der Waals surface area contributed by atoms with E-state index >= 15 is 0 Å². The lowest BCUT2D eigenvalue weighted by Gasteiger charge is -2.05. The average Bonchev–Trinajstić information content (AvgIpc) is 2.75. The maximum absolute atomic E-state index is 12.4. The topological polar surface area (TPSA) is 76.2 Å². The van der Waals surface area contributed by atoms with Gasteiger partial charge in [0.1, 0.15) is 6.42 Å². The van der Waals surface area contributed by atoms with Gasteiger partial charge in [-0.3, -0.25) is 4.79 Å². The molecule has 0 saturated carbocycles. The number of benzene rings is 1. The number of alkyl halides is 3. The predicted octanol–water partition coefficient (Wildman–Crippen LogP) is 2.38. The number of carbonyl (C=O) groups is 1. The first-order valence-electron chi connectivity index (χ1n) is 5.08. The lowest BCUT2D eigenvalue weighted by Crippen LogP contribution is -2.04. The van der Waals surface area contributed by atoms with E-state index in [1.807, 2.05) is 0 Å². The third kappa shape index (κ3) is 3.09. The molecule has 19 heavy (non-hydrogen) atoms. The van der Waals surface area contributed by atoms with Crippen molar-refractivity contribution in [3.8, 4) is 11.4 Å². The Morgan fingerprint density at radius 3 is 2.42 bits per heavy atom. The fraction of sp³-hybridized carbons (Fsp3) is 0.182. The number of carboxylic acid groups (broad SMARTS) is 1. The second-order valence-electron chi connectivity index (χ2n) is 3.66. The van der Waals surface area contributed by atoms with E-state index in [0.29, 0.717) is 5.56 Å². The van der Waals surface area contributed by atoms with Crippen molar-refractivity contribution in [2.45, 2.75) is 12.6 Å². The molecule has 0 aliphatic heterocycles. The summed E-state index contributed by atoms with van der Waals surface area (Å²) in [6, 6.07) is 4.17. The Morgan fingerprint density at radius 2 is 1.89 bits per heavy atom. The molecule has 0 unspecified atom stereocenters. The molecule has 1 aromatic carbocycles. The molecule has 5 nitrogen and oxygen atoms in total. The summed E-state index contributed by atoms with van der Waals surface area (Å²) >= 11 is 0. The number of aliphatic carboxylic acids is 1.